The first-order valence-electron chi connectivity index (χ1n) is 8.95. The van der Waals surface area contributed by atoms with Crippen LogP contribution in [-0.4, -0.2) is 31.6 Å². The van der Waals surface area contributed by atoms with Crippen LogP contribution in [0.15, 0.2) is 10.6 Å². The fourth-order valence-corrected chi connectivity index (χ4v) is 3.39. The molecule has 1 saturated carbocycles. The summed E-state index contributed by atoms with van der Waals surface area (Å²) in [4.78, 5) is 6.64. The van der Waals surface area contributed by atoms with Crippen molar-refractivity contribution in [2.75, 3.05) is 11.4 Å². The first-order valence-corrected chi connectivity index (χ1v) is 8.95. The van der Waals surface area contributed by atoms with Crippen LogP contribution in [0.25, 0.3) is 0 Å². The van der Waals surface area contributed by atoms with Crippen LogP contribution < -0.4 is 4.90 Å². The molecule has 0 saturated heterocycles. The zero-order chi connectivity index (χ0) is 16.7. The van der Waals surface area contributed by atoms with Crippen LogP contribution in [0, 0.1) is 5.92 Å². The number of nitrogens with zero attached hydrogens (tertiary/aromatic N) is 5. The van der Waals surface area contributed by atoms with Gasteiger partial charge in [-0.25, -0.2) is 0 Å². The Morgan fingerprint density at radius 3 is 2.75 bits per heavy atom. The Kier molecular flexibility index (Phi) is 4.04. The minimum Gasteiger partial charge on any atom is -0.386 e. The number of anilines is 1. The van der Waals surface area contributed by atoms with Crippen molar-refractivity contribution in [3.05, 3.63) is 23.3 Å². The maximum Gasteiger partial charge on any atom is 0.266 e. The second-order valence-corrected chi connectivity index (χ2v) is 7.28. The molecule has 4 rings (SSSR count). The number of hydrogen-bond acceptors (Lipinski definition) is 6. The molecule has 7 nitrogen and oxygen atoms in total. The number of rotatable bonds is 4. The van der Waals surface area contributed by atoms with Crippen molar-refractivity contribution in [2.45, 2.75) is 64.6 Å². The lowest BCUT2D eigenvalue weighted by atomic mass is 9.80. The standard InChI is InChI=1S/C17H25N5O2/c1-11(2)16-18-17(20-24-16)21-7-4-8-22-13(10-21)9-14(19-22)15(23)12-5-3-6-12/h9,11-12,15,23H,3-8,10H2,1-2H3/t15-/m0/s1. The molecule has 1 aliphatic heterocycles. The summed E-state index contributed by atoms with van der Waals surface area (Å²) in [5, 5.41) is 19.3. The van der Waals surface area contributed by atoms with E-state index in [0.717, 1.165) is 43.7 Å². The Morgan fingerprint density at radius 1 is 1.25 bits per heavy atom. The number of aliphatic hydroxyl groups is 1. The predicted octanol–water partition coefficient (Wildman–Crippen LogP) is 2.63. The van der Waals surface area contributed by atoms with Gasteiger partial charge in [-0.2, -0.15) is 10.1 Å². The van der Waals surface area contributed by atoms with Crippen LogP contribution in [0.1, 0.15) is 68.8 Å². The topological polar surface area (TPSA) is 80.2 Å². The first kappa shape index (κ1) is 15.6. The molecule has 24 heavy (non-hydrogen) atoms. The van der Waals surface area contributed by atoms with Crippen LogP contribution >= 0.6 is 0 Å². The Hall–Kier alpha value is -1.89. The molecule has 0 radical (unpaired) electrons. The fourth-order valence-electron chi connectivity index (χ4n) is 3.39. The monoisotopic (exact) mass is 331 g/mol. The van der Waals surface area contributed by atoms with Gasteiger partial charge in [-0.15, -0.1) is 0 Å². The highest BCUT2D eigenvalue weighted by Gasteiger charge is 2.30. The van der Waals surface area contributed by atoms with E-state index in [4.69, 9.17) is 4.52 Å². The molecule has 2 aromatic heterocycles. The van der Waals surface area contributed by atoms with Gasteiger partial charge >= 0.3 is 0 Å². The summed E-state index contributed by atoms with van der Waals surface area (Å²) in [6, 6.07) is 2.05. The number of fused-ring (bicyclic) bond motifs is 1. The van der Waals surface area contributed by atoms with Crippen molar-refractivity contribution in [1.82, 2.24) is 19.9 Å². The summed E-state index contributed by atoms with van der Waals surface area (Å²) in [6.45, 7) is 6.52. The Bertz CT molecular complexity index is 704. The van der Waals surface area contributed by atoms with Gasteiger partial charge in [0, 0.05) is 19.0 Å². The van der Waals surface area contributed by atoms with E-state index in [9.17, 15) is 5.11 Å². The molecule has 1 fully saturated rings. The third kappa shape index (κ3) is 2.81. The molecule has 0 bridgehead atoms. The van der Waals surface area contributed by atoms with Crippen LogP contribution in [0.2, 0.25) is 0 Å². The molecule has 1 atom stereocenters. The van der Waals surface area contributed by atoms with Gasteiger partial charge in [-0.1, -0.05) is 20.3 Å². The molecule has 1 N–H and O–H groups in total. The molecule has 2 aliphatic rings. The maximum atomic E-state index is 10.5. The maximum absolute atomic E-state index is 10.5. The third-order valence-electron chi connectivity index (χ3n) is 5.14. The molecule has 2 aromatic rings. The lowest BCUT2D eigenvalue weighted by Gasteiger charge is -2.29. The summed E-state index contributed by atoms with van der Waals surface area (Å²) in [5.41, 5.74) is 1.92. The molecule has 130 valence electrons. The second-order valence-electron chi connectivity index (χ2n) is 7.28. The lowest BCUT2D eigenvalue weighted by Crippen LogP contribution is -2.24. The van der Waals surface area contributed by atoms with Crippen molar-refractivity contribution in [3.63, 3.8) is 0 Å². The summed E-state index contributed by atoms with van der Waals surface area (Å²) in [7, 11) is 0. The molecule has 0 amide bonds. The van der Waals surface area contributed by atoms with Gasteiger partial charge in [0.2, 0.25) is 5.89 Å². The summed E-state index contributed by atoms with van der Waals surface area (Å²) >= 11 is 0. The van der Waals surface area contributed by atoms with Crippen molar-refractivity contribution < 1.29 is 9.63 Å². The number of aromatic nitrogens is 4. The molecule has 0 unspecified atom stereocenters. The molecular formula is C17H25N5O2. The van der Waals surface area contributed by atoms with E-state index < -0.39 is 6.10 Å². The van der Waals surface area contributed by atoms with Gasteiger partial charge < -0.3 is 14.5 Å². The summed E-state index contributed by atoms with van der Waals surface area (Å²) in [6.07, 6.45) is 3.98. The zero-order valence-electron chi connectivity index (χ0n) is 14.4. The summed E-state index contributed by atoms with van der Waals surface area (Å²) < 4.78 is 7.37. The first-order chi connectivity index (χ1) is 11.6. The molecule has 7 heteroatoms. The van der Waals surface area contributed by atoms with Gasteiger partial charge in [0.15, 0.2) is 0 Å². The Labute approximate surface area is 141 Å². The highest BCUT2D eigenvalue weighted by molar-refractivity contribution is 5.31. The smallest absolute Gasteiger partial charge is 0.266 e. The fraction of sp³-hybridized carbons (Fsp3) is 0.706. The largest absolute Gasteiger partial charge is 0.386 e. The normalized spacial score (nSPS) is 19.9. The minimum atomic E-state index is -0.427. The van der Waals surface area contributed by atoms with E-state index in [2.05, 4.69) is 20.1 Å². The lowest BCUT2D eigenvalue weighted by molar-refractivity contribution is 0.0581. The highest BCUT2D eigenvalue weighted by Crippen LogP contribution is 2.37. The zero-order valence-corrected chi connectivity index (χ0v) is 14.4. The Balaban J connectivity index is 1.54. The number of aryl methyl sites for hydroxylation is 1. The summed E-state index contributed by atoms with van der Waals surface area (Å²) in [5.74, 6) is 1.93. The van der Waals surface area contributed by atoms with Crippen molar-refractivity contribution >= 4 is 5.95 Å². The van der Waals surface area contributed by atoms with Gasteiger partial charge in [-0.05, 0) is 36.4 Å². The molecular weight excluding hydrogens is 306 g/mol. The number of aliphatic hydroxyl groups excluding tert-OH is 1. The minimum absolute atomic E-state index is 0.230. The molecule has 0 spiro atoms. The predicted molar refractivity (Wildman–Crippen MR) is 88.6 cm³/mol. The van der Waals surface area contributed by atoms with Gasteiger partial charge in [0.1, 0.15) is 6.10 Å². The van der Waals surface area contributed by atoms with Crippen LogP contribution in [-0.2, 0) is 13.1 Å². The SMILES string of the molecule is CC(C)c1nc(N2CCCn3nc([C@@H](O)C4CCC4)cc3C2)no1. The van der Waals surface area contributed by atoms with E-state index in [-0.39, 0.29) is 5.92 Å². The second kappa shape index (κ2) is 6.20. The van der Waals surface area contributed by atoms with E-state index in [1.165, 1.54) is 6.42 Å². The van der Waals surface area contributed by atoms with Crippen LogP contribution in [0.5, 0.6) is 0 Å². The average molecular weight is 331 g/mol. The van der Waals surface area contributed by atoms with E-state index in [1.807, 2.05) is 24.6 Å². The van der Waals surface area contributed by atoms with E-state index in [0.29, 0.717) is 24.3 Å². The van der Waals surface area contributed by atoms with Gasteiger partial charge in [0.25, 0.3) is 5.95 Å². The van der Waals surface area contributed by atoms with Crippen molar-refractivity contribution in [1.29, 1.82) is 0 Å². The van der Waals surface area contributed by atoms with Crippen LogP contribution in [0.3, 0.4) is 0 Å². The van der Waals surface area contributed by atoms with Gasteiger partial charge in [0.05, 0.1) is 17.9 Å². The number of hydrogen-bond donors (Lipinski definition) is 1. The average Bonchev–Trinajstić information content (AvgIpc) is 3.09. The quantitative estimate of drug-likeness (QED) is 0.927. The third-order valence-corrected chi connectivity index (χ3v) is 5.14. The van der Waals surface area contributed by atoms with Crippen molar-refractivity contribution in [3.8, 4) is 0 Å². The van der Waals surface area contributed by atoms with Crippen molar-refractivity contribution in [2.24, 2.45) is 5.92 Å². The Morgan fingerprint density at radius 2 is 2.08 bits per heavy atom. The molecule has 0 aromatic carbocycles. The van der Waals surface area contributed by atoms with E-state index >= 15 is 0 Å². The highest BCUT2D eigenvalue weighted by atomic mass is 16.5. The molecule has 3 heterocycles. The molecule has 1 aliphatic carbocycles. The van der Waals surface area contributed by atoms with Crippen LogP contribution in [0.4, 0.5) is 5.95 Å². The van der Waals surface area contributed by atoms with Gasteiger partial charge in [-0.3, -0.25) is 4.68 Å². The van der Waals surface area contributed by atoms with E-state index in [1.54, 1.807) is 0 Å².